The van der Waals surface area contributed by atoms with Crippen LogP contribution in [0.25, 0.3) is 0 Å². The Hall–Kier alpha value is -3.03. The molecule has 0 saturated carbocycles. The normalized spacial score (nSPS) is 29.1. The molecule has 3 rings (SSSR count). The first-order valence-corrected chi connectivity index (χ1v) is 33.3. The van der Waals surface area contributed by atoms with Crippen LogP contribution in [0, 0.1) is 0 Å². The van der Waals surface area contributed by atoms with Crippen molar-refractivity contribution in [1.29, 1.82) is 0 Å². The third-order valence-electron chi connectivity index (χ3n) is 16.2. The minimum Gasteiger partial charge on any atom is -0.394 e. The van der Waals surface area contributed by atoms with Gasteiger partial charge in [0, 0.05) is 6.42 Å². The van der Waals surface area contributed by atoms with Gasteiger partial charge in [-0.15, -0.1) is 0 Å². The number of ether oxygens (including phenoxy) is 6. The summed E-state index contributed by atoms with van der Waals surface area (Å²) in [5.74, 6) is -0.372. The predicted octanol–water partition coefficient (Wildman–Crippen LogP) is 7.93. The van der Waals surface area contributed by atoms with Crippen molar-refractivity contribution in [2.75, 3.05) is 26.4 Å². The highest BCUT2D eigenvalue weighted by molar-refractivity contribution is 5.76. The molecule has 19 heteroatoms. The van der Waals surface area contributed by atoms with E-state index in [2.05, 4.69) is 79.9 Å². The number of aliphatic hydroxyl groups excluding tert-OH is 11. The second kappa shape index (κ2) is 49.6. The maximum Gasteiger partial charge on any atom is 0.220 e. The van der Waals surface area contributed by atoms with E-state index in [9.17, 15) is 61.0 Å². The van der Waals surface area contributed by atoms with Crippen molar-refractivity contribution in [3.8, 4) is 0 Å². The van der Waals surface area contributed by atoms with Crippen LogP contribution in [0.15, 0.2) is 85.1 Å². The molecule has 3 aliphatic rings. The summed E-state index contributed by atoms with van der Waals surface area (Å²) < 4.78 is 34.2. The van der Waals surface area contributed by atoms with Crippen LogP contribution in [0.1, 0.15) is 206 Å². The van der Waals surface area contributed by atoms with Crippen molar-refractivity contribution in [1.82, 2.24) is 5.32 Å². The van der Waals surface area contributed by atoms with Gasteiger partial charge in [-0.2, -0.15) is 0 Å². The molecule has 19 nitrogen and oxygen atoms in total. The van der Waals surface area contributed by atoms with E-state index < -0.39 is 131 Å². The van der Waals surface area contributed by atoms with Gasteiger partial charge in [-0.1, -0.05) is 214 Å². The molecular formula is C68H117NO18. The van der Waals surface area contributed by atoms with Gasteiger partial charge in [0.25, 0.3) is 0 Å². The highest BCUT2D eigenvalue weighted by Crippen LogP contribution is 2.33. The van der Waals surface area contributed by atoms with Gasteiger partial charge in [-0.05, 0) is 70.6 Å². The summed E-state index contributed by atoms with van der Waals surface area (Å²) >= 11 is 0. The van der Waals surface area contributed by atoms with E-state index in [1.807, 2.05) is 18.2 Å². The molecule has 502 valence electrons. The van der Waals surface area contributed by atoms with E-state index in [0.717, 1.165) is 44.9 Å². The molecule has 0 aliphatic carbocycles. The Labute approximate surface area is 520 Å². The lowest BCUT2D eigenvalue weighted by molar-refractivity contribution is -0.379. The van der Waals surface area contributed by atoms with Crippen LogP contribution < -0.4 is 5.32 Å². The lowest BCUT2D eigenvalue weighted by atomic mass is 9.96. The van der Waals surface area contributed by atoms with Crippen molar-refractivity contribution < 1.29 is 89.4 Å². The fourth-order valence-corrected chi connectivity index (χ4v) is 10.8. The van der Waals surface area contributed by atoms with E-state index in [4.69, 9.17) is 28.4 Å². The van der Waals surface area contributed by atoms with Gasteiger partial charge in [0.05, 0.1) is 38.6 Å². The molecule has 0 aromatic rings. The number of carbonyl (C=O) groups is 1. The number of nitrogens with one attached hydrogen (secondary N) is 1. The first-order chi connectivity index (χ1) is 42.3. The van der Waals surface area contributed by atoms with Crippen molar-refractivity contribution in [2.24, 2.45) is 0 Å². The second-order valence-electron chi connectivity index (χ2n) is 23.5. The van der Waals surface area contributed by atoms with E-state index in [-0.39, 0.29) is 12.3 Å². The molecule has 0 spiro atoms. The minimum absolute atomic E-state index is 0.106. The summed E-state index contributed by atoms with van der Waals surface area (Å²) in [7, 11) is 0. The molecular weight excluding hydrogens is 1120 g/mol. The Kier molecular flexibility index (Phi) is 44.6. The fraction of sp³-hybridized carbons (Fsp3) is 0.779. The topological polar surface area (TPSA) is 307 Å². The minimum atomic E-state index is -1.99. The van der Waals surface area contributed by atoms with Gasteiger partial charge >= 0.3 is 0 Å². The maximum absolute atomic E-state index is 13.3. The zero-order chi connectivity index (χ0) is 63.3. The Bertz CT molecular complexity index is 1910. The number of unbranched alkanes of at least 4 members (excludes halogenated alkanes) is 21. The van der Waals surface area contributed by atoms with E-state index in [1.54, 1.807) is 6.08 Å². The highest BCUT2D eigenvalue weighted by Gasteiger charge is 2.53. The first kappa shape index (κ1) is 78.2. The Balaban J connectivity index is 1.45. The smallest absolute Gasteiger partial charge is 0.220 e. The summed E-state index contributed by atoms with van der Waals surface area (Å²) in [6.45, 7) is 1.52. The summed E-state index contributed by atoms with van der Waals surface area (Å²) in [6.07, 6.45) is 36.1. The van der Waals surface area contributed by atoms with Crippen LogP contribution >= 0.6 is 0 Å². The van der Waals surface area contributed by atoms with E-state index in [1.165, 1.54) is 122 Å². The summed E-state index contributed by atoms with van der Waals surface area (Å²) in [5, 5.41) is 120. The summed E-state index contributed by atoms with van der Waals surface area (Å²) in [5.41, 5.74) is 0. The fourth-order valence-electron chi connectivity index (χ4n) is 10.8. The molecule has 17 atom stereocenters. The van der Waals surface area contributed by atoms with Crippen LogP contribution in [0.5, 0.6) is 0 Å². The van der Waals surface area contributed by atoms with Gasteiger partial charge in [0.15, 0.2) is 18.9 Å². The highest BCUT2D eigenvalue weighted by atomic mass is 16.8. The lowest BCUT2D eigenvalue weighted by Gasteiger charge is -2.48. The van der Waals surface area contributed by atoms with Gasteiger partial charge in [0.2, 0.25) is 5.91 Å². The number of aliphatic hydroxyl groups is 11. The third-order valence-corrected chi connectivity index (χ3v) is 16.2. The van der Waals surface area contributed by atoms with Crippen molar-refractivity contribution in [2.45, 2.75) is 311 Å². The van der Waals surface area contributed by atoms with Crippen LogP contribution in [0.2, 0.25) is 0 Å². The van der Waals surface area contributed by atoms with Gasteiger partial charge in [-0.3, -0.25) is 4.79 Å². The largest absolute Gasteiger partial charge is 0.394 e. The molecule has 0 aromatic carbocycles. The maximum atomic E-state index is 13.3. The van der Waals surface area contributed by atoms with Gasteiger partial charge < -0.3 is 89.9 Å². The molecule has 3 aliphatic heterocycles. The lowest BCUT2D eigenvalue weighted by Crippen LogP contribution is -2.66. The van der Waals surface area contributed by atoms with E-state index in [0.29, 0.717) is 19.3 Å². The zero-order valence-electron chi connectivity index (χ0n) is 52.7. The number of amides is 1. The Morgan fingerprint density at radius 2 is 0.805 bits per heavy atom. The molecule has 3 saturated heterocycles. The first-order valence-electron chi connectivity index (χ1n) is 33.3. The monoisotopic (exact) mass is 1240 g/mol. The van der Waals surface area contributed by atoms with Crippen LogP contribution in [-0.4, -0.2) is 193 Å². The summed E-state index contributed by atoms with van der Waals surface area (Å²) in [4.78, 5) is 13.3. The van der Waals surface area contributed by atoms with Gasteiger partial charge in [0.1, 0.15) is 73.2 Å². The van der Waals surface area contributed by atoms with Crippen molar-refractivity contribution in [3.63, 3.8) is 0 Å². The van der Waals surface area contributed by atoms with Crippen molar-refractivity contribution >= 4 is 5.91 Å². The Morgan fingerprint density at radius 3 is 1.28 bits per heavy atom. The number of rotatable bonds is 49. The molecule has 12 N–H and O–H groups in total. The standard InChI is InChI=1S/C68H117NO18/c1-3-5-7-9-11-13-15-17-18-19-20-21-22-23-24-25-26-27-28-29-30-31-32-34-35-37-39-41-43-45-52(73)51(69-56(74)46-44-42-40-38-36-33-16-14-12-10-8-6-4-2)50-82-66-62(80)59(77)64(54(48-71)84-66)87-68-63(81)60(78)65(55(49-72)85-68)86-67-61(79)58(76)57(75)53(47-70)83-67/h6,8,12,14,30-31,33,35-37,40,42-43,45,51-55,57-68,70-73,75-81H,3-5,7,9-11,13,15-29,32,34,38-39,41,44,46-50H2,1-2H3,(H,69,74)/b8-6-,14-12-,31-30+,36-33-,37-35+,42-40-,45-43+. The molecule has 0 radical (unpaired) electrons. The zero-order valence-corrected chi connectivity index (χ0v) is 52.7. The molecule has 0 aromatic heterocycles. The molecule has 87 heavy (non-hydrogen) atoms. The molecule has 3 heterocycles. The van der Waals surface area contributed by atoms with Crippen LogP contribution in [-0.2, 0) is 33.2 Å². The van der Waals surface area contributed by atoms with Gasteiger partial charge in [-0.25, -0.2) is 0 Å². The number of allylic oxidation sites excluding steroid dienone is 13. The number of carbonyl (C=O) groups excluding carboxylic acids is 1. The summed E-state index contributed by atoms with van der Waals surface area (Å²) in [6, 6.07) is -1.04. The average Bonchev–Trinajstić information content (AvgIpc) is 2.79. The molecule has 17 unspecified atom stereocenters. The van der Waals surface area contributed by atoms with Crippen LogP contribution in [0.4, 0.5) is 0 Å². The Morgan fingerprint density at radius 1 is 0.425 bits per heavy atom. The molecule has 3 fully saturated rings. The number of hydrogen-bond acceptors (Lipinski definition) is 18. The van der Waals surface area contributed by atoms with E-state index >= 15 is 0 Å². The quantitative estimate of drug-likeness (QED) is 0.0203. The molecule has 1 amide bonds. The predicted molar refractivity (Wildman–Crippen MR) is 337 cm³/mol. The SMILES string of the molecule is CC/C=C\C/C=C\C/C=C\C/C=C\CCC(=O)NC(COC1OC(CO)C(OC2OC(CO)C(OC3OC(CO)C(O)C(O)C3O)C(O)C2O)C(O)C1O)C(O)/C=C/CC/C=C/CC/C=C/CCCCCCCCCCCCCCCCCCCCC. The third kappa shape index (κ3) is 32.2. The van der Waals surface area contributed by atoms with Crippen LogP contribution in [0.3, 0.4) is 0 Å². The van der Waals surface area contributed by atoms with Crippen molar-refractivity contribution in [3.05, 3.63) is 85.1 Å². The average molecular weight is 1240 g/mol. The molecule has 0 bridgehead atoms. The second-order valence-corrected chi connectivity index (χ2v) is 23.5. The number of hydrogen-bond donors (Lipinski definition) is 12.